The number of rotatable bonds is 7. The van der Waals surface area contributed by atoms with Crippen molar-refractivity contribution in [2.24, 2.45) is 0 Å². The lowest BCUT2D eigenvalue weighted by atomic mass is 9.99. The van der Waals surface area contributed by atoms with Crippen molar-refractivity contribution in [1.82, 2.24) is 14.4 Å². The van der Waals surface area contributed by atoms with Crippen LogP contribution in [-0.4, -0.2) is 47.0 Å². The summed E-state index contributed by atoms with van der Waals surface area (Å²) in [5.74, 6) is -0.628. The Morgan fingerprint density at radius 2 is 1.56 bits per heavy atom. The Morgan fingerprint density at radius 1 is 0.912 bits per heavy atom. The van der Waals surface area contributed by atoms with Gasteiger partial charge in [-0.25, -0.2) is 4.79 Å². The Bertz CT molecular complexity index is 1320. The molecule has 6 nitrogen and oxygen atoms in total. The number of para-hydroxylation sites is 2. The molecule has 0 aliphatic carbocycles. The molecule has 1 fully saturated rings. The smallest absolute Gasteiger partial charge is 0.408 e. The van der Waals surface area contributed by atoms with Crippen molar-refractivity contribution in [2.45, 2.75) is 25.4 Å². The van der Waals surface area contributed by atoms with Crippen molar-refractivity contribution in [3.63, 3.8) is 0 Å². The van der Waals surface area contributed by atoms with Crippen molar-refractivity contribution in [3.05, 3.63) is 95.0 Å². The first kappa shape index (κ1) is 22.2. The summed E-state index contributed by atoms with van der Waals surface area (Å²) in [6.45, 7) is 2.82. The molecule has 3 aromatic carbocycles. The maximum absolute atomic E-state index is 13.4. The van der Waals surface area contributed by atoms with Gasteiger partial charge in [0.05, 0.1) is 11.6 Å². The first-order valence-electron chi connectivity index (χ1n) is 11.8. The molecular weight excluding hydrogens is 426 g/mol. The lowest BCUT2D eigenvalue weighted by molar-refractivity contribution is -0.133. The van der Waals surface area contributed by atoms with Crippen LogP contribution in [0.25, 0.3) is 22.2 Å². The van der Waals surface area contributed by atoms with Crippen LogP contribution in [0.2, 0.25) is 0 Å². The van der Waals surface area contributed by atoms with E-state index in [9.17, 15) is 9.59 Å². The number of likely N-dealkylation sites (N-methyl/N-ethyl adjacent to an activating group) is 1. The molecule has 1 aromatic heterocycles. The highest BCUT2D eigenvalue weighted by molar-refractivity contribution is 5.80. The van der Waals surface area contributed by atoms with Crippen LogP contribution in [0.15, 0.2) is 88.1 Å². The van der Waals surface area contributed by atoms with Gasteiger partial charge < -0.3 is 14.2 Å². The highest BCUT2D eigenvalue weighted by Gasteiger charge is 2.26. The minimum absolute atomic E-state index is 0.0506. The number of hydrogen-bond acceptors (Lipinski definition) is 4. The molecule has 0 spiro atoms. The molecule has 5 rings (SSSR count). The quantitative estimate of drug-likeness (QED) is 0.410. The molecule has 1 aliphatic heterocycles. The predicted octanol–water partition coefficient (Wildman–Crippen LogP) is 4.56. The van der Waals surface area contributed by atoms with E-state index < -0.39 is 5.76 Å². The molecule has 0 saturated carbocycles. The van der Waals surface area contributed by atoms with Gasteiger partial charge in [-0.2, -0.15) is 0 Å². The molecule has 34 heavy (non-hydrogen) atoms. The lowest BCUT2D eigenvalue weighted by Gasteiger charge is -2.32. The summed E-state index contributed by atoms with van der Waals surface area (Å²) in [6, 6.07) is 25.8. The van der Waals surface area contributed by atoms with Gasteiger partial charge >= 0.3 is 5.76 Å². The Hall–Kier alpha value is -3.64. The van der Waals surface area contributed by atoms with Crippen molar-refractivity contribution in [3.8, 4) is 11.1 Å². The van der Waals surface area contributed by atoms with E-state index in [-0.39, 0.29) is 18.5 Å². The normalized spacial score (nSPS) is 15.0. The molecule has 1 amide bonds. The zero-order chi connectivity index (χ0) is 23.5. The van der Waals surface area contributed by atoms with E-state index in [4.69, 9.17) is 4.42 Å². The first-order valence-corrected chi connectivity index (χ1v) is 11.8. The summed E-state index contributed by atoms with van der Waals surface area (Å²) in [5, 5.41) is 0. The van der Waals surface area contributed by atoms with Gasteiger partial charge in [-0.1, -0.05) is 66.7 Å². The van der Waals surface area contributed by atoms with Crippen molar-refractivity contribution in [1.29, 1.82) is 0 Å². The van der Waals surface area contributed by atoms with E-state index >= 15 is 0 Å². The number of benzene rings is 3. The second kappa shape index (κ2) is 9.69. The molecule has 1 saturated heterocycles. The van der Waals surface area contributed by atoms with Crippen LogP contribution in [-0.2, 0) is 11.3 Å². The number of carbonyl (C=O) groups excluding carboxylic acids is 1. The Morgan fingerprint density at radius 3 is 2.29 bits per heavy atom. The third-order valence-corrected chi connectivity index (χ3v) is 6.76. The number of amides is 1. The maximum Gasteiger partial charge on any atom is 0.420 e. The summed E-state index contributed by atoms with van der Waals surface area (Å²) in [4.78, 5) is 30.0. The van der Waals surface area contributed by atoms with Crippen molar-refractivity contribution < 1.29 is 9.21 Å². The van der Waals surface area contributed by atoms with E-state index in [1.165, 1.54) is 23.0 Å². The van der Waals surface area contributed by atoms with Crippen molar-refractivity contribution in [2.75, 3.05) is 26.7 Å². The summed E-state index contributed by atoms with van der Waals surface area (Å²) in [7, 11) is 1.83. The van der Waals surface area contributed by atoms with Gasteiger partial charge in [0.2, 0.25) is 5.91 Å². The van der Waals surface area contributed by atoms with Crippen LogP contribution in [0.4, 0.5) is 0 Å². The maximum atomic E-state index is 13.4. The van der Waals surface area contributed by atoms with E-state index in [1.807, 2.05) is 37.4 Å². The van der Waals surface area contributed by atoms with Crippen LogP contribution in [0.3, 0.4) is 0 Å². The SMILES string of the molecule is CN(C(=O)Cn1c(=O)oc2ccccc21)C(CN1CCCC1)c1ccc(-c2ccccc2)cc1. The largest absolute Gasteiger partial charge is 0.420 e. The van der Waals surface area contributed by atoms with Crippen LogP contribution in [0.1, 0.15) is 24.4 Å². The van der Waals surface area contributed by atoms with E-state index in [1.54, 1.807) is 17.0 Å². The molecule has 174 valence electrons. The van der Waals surface area contributed by atoms with E-state index in [0.717, 1.165) is 30.8 Å². The van der Waals surface area contributed by atoms with Crippen molar-refractivity contribution >= 4 is 17.0 Å². The average molecular weight is 456 g/mol. The number of carbonyl (C=O) groups is 1. The highest BCUT2D eigenvalue weighted by atomic mass is 16.4. The minimum atomic E-state index is -0.508. The second-order valence-corrected chi connectivity index (χ2v) is 8.94. The fraction of sp³-hybridized carbons (Fsp3) is 0.286. The highest BCUT2D eigenvalue weighted by Crippen LogP contribution is 2.27. The molecule has 0 bridgehead atoms. The van der Waals surface area contributed by atoms with Gasteiger partial charge in [-0.3, -0.25) is 9.36 Å². The Kier molecular flexibility index (Phi) is 6.32. The molecule has 1 aliphatic rings. The van der Waals surface area contributed by atoms with Gasteiger partial charge in [0.15, 0.2) is 5.58 Å². The molecule has 4 aromatic rings. The van der Waals surface area contributed by atoms with Gasteiger partial charge in [0.25, 0.3) is 0 Å². The van der Waals surface area contributed by atoms with Gasteiger partial charge in [0, 0.05) is 13.6 Å². The summed E-state index contributed by atoms with van der Waals surface area (Å²) in [6.07, 6.45) is 2.38. The van der Waals surface area contributed by atoms with Gasteiger partial charge in [-0.15, -0.1) is 0 Å². The third kappa shape index (κ3) is 4.54. The van der Waals surface area contributed by atoms with E-state index in [2.05, 4.69) is 41.3 Å². The first-order chi connectivity index (χ1) is 16.6. The summed E-state index contributed by atoms with van der Waals surface area (Å²) < 4.78 is 6.73. The summed E-state index contributed by atoms with van der Waals surface area (Å²) >= 11 is 0. The molecular formula is C28H29N3O3. The zero-order valence-corrected chi connectivity index (χ0v) is 19.4. The van der Waals surface area contributed by atoms with Crippen LogP contribution >= 0.6 is 0 Å². The molecule has 0 radical (unpaired) electrons. The monoisotopic (exact) mass is 455 g/mol. The Labute approximate surface area is 199 Å². The Balaban J connectivity index is 1.41. The second-order valence-electron chi connectivity index (χ2n) is 8.94. The topological polar surface area (TPSA) is 58.7 Å². The van der Waals surface area contributed by atoms with Gasteiger partial charge in [-0.05, 0) is 54.8 Å². The van der Waals surface area contributed by atoms with Crippen LogP contribution < -0.4 is 5.76 Å². The number of hydrogen-bond donors (Lipinski definition) is 0. The lowest BCUT2D eigenvalue weighted by Crippen LogP contribution is -2.40. The average Bonchev–Trinajstić information content (AvgIpc) is 3.50. The number of likely N-dealkylation sites (tertiary alicyclic amines) is 1. The van der Waals surface area contributed by atoms with Gasteiger partial charge in [0.1, 0.15) is 6.54 Å². The summed E-state index contributed by atoms with van der Waals surface area (Å²) in [5.41, 5.74) is 4.54. The molecule has 6 heteroatoms. The predicted molar refractivity (Wildman–Crippen MR) is 134 cm³/mol. The standard InChI is InChI=1S/C28H29N3O3/c1-29(27(32)20-31-24-11-5-6-12-26(24)34-28(31)33)25(19-30-17-7-8-18-30)23-15-13-22(14-16-23)21-9-3-2-4-10-21/h2-6,9-16,25H,7-8,17-20H2,1H3. The van der Waals surface area contributed by atoms with Crippen LogP contribution in [0, 0.1) is 0 Å². The minimum Gasteiger partial charge on any atom is -0.408 e. The number of nitrogens with zero attached hydrogens (tertiary/aromatic N) is 3. The fourth-order valence-electron chi connectivity index (χ4n) is 4.77. The third-order valence-electron chi connectivity index (χ3n) is 6.76. The van der Waals surface area contributed by atoms with E-state index in [0.29, 0.717) is 11.1 Å². The molecule has 2 heterocycles. The number of aromatic nitrogens is 1. The number of fused-ring (bicyclic) bond motifs is 1. The molecule has 1 unspecified atom stereocenters. The zero-order valence-electron chi connectivity index (χ0n) is 19.4. The van der Waals surface area contributed by atoms with Crippen LogP contribution in [0.5, 0.6) is 0 Å². The molecule has 0 N–H and O–H groups in total. The molecule has 1 atom stereocenters. The fourth-order valence-corrected chi connectivity index (χ4v) is 4.77. The number of oxazole rings is 1.